The van der Waals surface area contributed by atoms with Gasteiger partial charge in [0.15, 0.2) is 11.5 Å². The van der Waals surface area contributed by atoms with Crippen LogP contribution in [0.3, 0.4) is 0 Å². The largest absolute Gasteiger partial charge is 0.493 e. The second-order valence-electron chi connectivity index (χ2n) is 5.02. The van der Waals surface area contributed by atoms with E-state index in [0.717, 1.165) is 11.1 Å². The van der Waals surface area contributed by atoms with Gasteiger partial charge in [0.2, 0.25) is 10.9 Å². The first-order valence-corrected chi connectivity index (χ1v) is 8.43. The predicted octanol–water partition coefficient (Wildman–Crippen LogP) is 2.33. The van der Waals surface area contributed by atoms with Crippen molar-refractivity contribution in [3.05, 3.63) is 42.7 Å². The fraction of sp³-hybridized carbons (Fsp3) is 0.125. The lowest BCUT2D eigenvalue weighted by molar-refractivity contribution is 0.356. The summed E-state index contributed by atoms with van der Waals surface area (Å²) in [5.74, 6) is 1.76. The Bertz CT molecular complexity index is 966. The molecule has 0 saturated carbocycles. The number of nitrogens with zero attached hydrogens (tertiary/aromatic N) is 2. The van der Waals surface area contributed by atoms with Crippen molar-refractivity contribution in [2.75, 3.05) is 24.3 Å². The van der Waals surface area contributed by atoms with E-state index in [1.165, 1.54) is 6.33 Å². The normalized spacial score (nSPS) is 10.7. The van der Waals surface area contributed by atoms with Crippen LogP contribution < -0.4 is 19.5 Å². The van der Waals surface area contributed by atoms with Crippen molar-refractivity contribution in [3.8, 4) is 11.5 Å². The lowest BCUT2D eigenvalue weighted by Gasteiger charge is -2.12. The molecule has 25 heavy (non-hydrogen) atoms. The van der Waals surface area contributed by atoms with Gasteiger partial charge in [-0.2, -0.15) is 0 Å². The molecule has 3 aromatic rings. The third-order valence-electron chi connectivity index (χ3n) is 3.51. The Morgan fingerprint density at radius 1 is 0.920 bits per heavy atom. The van der Waals surface area contributed by atoms with Gasteiger partial charge in [-0.25, -0.2) is 18.4 Å². The Labute approximate surface area is 145 Å². The maximum Gasteiger partial charge on any atom is 0.222 e. The average Bonchev–Trinajstić information content (AvgIpc) is 2.62. The molecule has 2 aromatic carbocycles. The molecule has 0 atom stereocenters. The Kier molecular flexibility index (Phi) is 4.85. The molecule has 1 aromatic heterocycles. The lowest BCUT2D eigenvalue weighted by atomic mass is 10.2. The topological polar surface area (TPSA) is 102 Å². The van der Waals surface area contributed by atoms with Crippen LogP contribution in [0.25, 0.3) is 10.9 Å². The zero-order chi connectivity index (χ0) is 17.8. The molecule has 0 aliphatic carbocycles. The SMILES string of the molecule is COc1cc2ncnc(Nc3ccc(N[SH](=O)=O)cc3)c2cc1OC. The molecule has 1 heterocycles. The first-order chi connectivity index (χ1) is 12.1. The Balaban J connectivity index is 1.95. The number of anilines is 3. The number of rotatable bonds is 6. The Morgan fingerprint density at radius 3 is 2.20 bits per heavy atom. The van der Waals surface area contributed by atoms with Gasteiger partial charge < -0.3 is 14.8 Å². The van der Waals surface area contributed by atoms with Crippen LogP contribution in [0, 0.1) is 0 Å². The number of benzene rings is 2. The molecule has 3 rings (SSSR count). The van der Waals surface area contributed by atoms with Crippen LogP contribution in [-0.4, -0.2) is 32.6 Å². The standard InChI is InChI=1S/C16H16N4O4S/c1-23-14-7-12-13(8-15(14)24-2)17-9-18-16(12)19-10-3-5-11(6-4-10)20-25(21)22/h3-9,25H,1-2H3,(H,17,18,19)(H,20,21,22). The van der Waals surface area contributed by atoms with Gasteiger partial charge in [0.05, 0.1) is 19.7 Å². The van der Waals surface area contributed by atoms with E-state index in [-0.39, 0.29) is 0 Å². The number of ether oxygens (including phenoxy) is 2. The average molecular weight is 360 g/mol. The monoisotopic (exact) mass is 360 g/mol. The molecule has 0 radical (unpaired) electrons. The molecule has 130 valence electrons. The van der Waals surface area contributed by atoms with E-state index < -0.39 is 10.9 Å². The molecule has 0 aliphatic heterocycles. The molecule has 8 nitrogen and oxygen atoms in total. The number of aromatic nitrogens is 2. The van der Waals surface area contributed by atoms with E-state index in [9.17, 15) is 8.42 Å². The molecule has 2 N–H and O–H groups in total. The first-order valence-electron chi connectivity index (χ1n) is 7.25. The van der Waals surface area contributed by atoms with Gasteiger partial charge in [-0.1, -0.05) is 0 Å². The van der Waals surface area contributed by atoms with Crippen molar-refractivity contribution in [2.24, 2.45) is 0 Å². The molecule has 0 bridgehead atoms. The van der Waals surface area contributed by atoms with Crippen molar-refractivity contribution in [1.82, 2.24) is 9.97 Å². The zero-order valence-electron chi connectivity index (χ0n) is 13.5. The summed E-state index contributed by atoms with van der Waals surface area (Å²) in [6.07, 6.45) is 1.45. The molecule has 0 fully saturated rings. The molecule has 9 heteroatoms. The fourth-order valence-corrected chi connectivity index (χ4v) is 2.71. The molecule has 0 spiro atoms. The van der Waals surface area contributed by atoms with E-state index in [4.69, 9.17) is 9.47 Å². The number of hydrogen-bond acceptors (Lipinski definition) is 7. The number of thiol groups is 1. The van der Waals surface area contributed by atoms with Gasteiger partial charge in [-0.15, -0.1) is 0 Å². The van der Waals surface area contributed by atoms with Crippen molar-refractivity contribution >= 4 is 39.0 Å². The highest BCUT2D eigenvalue weighted by atomic mass is 32.2. The minimum absolute atomic E-state index is 0.487. The highest BCUT2D eigenvalue weighted by Gasteiger charge is 2.11. The summed E-state index contributed by atoms with van der Waals surface area (Å²) in [6.45, 7) is 0. The quantitative estimate of drug-likeness (QED) is 0.580. The van der Waals surface area contributed by atoms with Crippen LogP contribution in [0.4, 0.5) is 17.2 Å². The second kappa shape index (κ2) is 7.22. The highest BCUT2D eigenvalue weighted by molar-refractivity contribution is 7.73. The summed E-state index contributed by atoms with van der Waals surface area (Å²) in [5, 5.41) is 3.96. The first kappa shape index (κ1) is 16.8. The summed E-state index contributed by atoms with van der Waals surface area (Å²) in [7, 11) is 0.442. The van der Waals surface area contributed by atoms with Crippen LogP contribution in [0.2, 0.25) is 0 Å². The summed E-state index contributed by atoms with van der Waals surface area (Å²) in [6, 6.07) is 10.4. The van der Waals surface area contributed by atoms with Crippen molar-refractivity contribution in [1.29, 1.82) is 0 Å². The highest BCUT2D eigenvalue weighted by Crippen LogP contribution is 2.34. The van der Waals surface area contributed by atoms with Gasteiger partial charge in [0.25, 0.3) is 0 Å². The summed E-state index contributed by atoms with van der Waals surface area (Å²) >= 11 is 0. The minimum Gasteiger partial charge on any atom is -0.493 e. The smallest absolute Gasteiger partial charge is 0.222 e. The molecular weight excluding hydrogens is 344 g/mol. The number of nitrogens with one attached hydrogen (secondary N) is 2. The van der Waals surface area contributed by atoms with Crippen LogP contribution >= 0.6 is 0 Å². The van der Waals surface area contributed by atoms with Crippen molar-refractivity contribution < 1.29 is 17.9 Å². The number of methoxy groups -OCH3 is 2. The van der Waals surface area contributed by atoms with Gasteiger partial charge in [0, 0.05) is 22.8 Å². The van der Waals surface area contributed by atoms with Crippen LogP contribution in [0.5, 0.6) is 11.5 Å². The van der Waals surface area contributed by atoms with E-state index in [1.807, 2.05) is 0 Å². The van der Waals surface area contributed by atoms with E-state index in [1.54, 1.807) is 50.6 Å². The van der Waals surface area contributed by atoms with Gasteiger partial charge in [-0.3, -0.25) is 4.72 Å². The van der Waals surface area contributed by atoms with Crippen LogP contribution in [-0.2, 0) is 10.9 Å². The van der Waals surface area contributed by atoms with Crippen LogP contribution in [0.1, 0.15) is 0 Å². The third-order valence-corrected chi connectivity index (χ3v) is 3.95. The van der Waals surface area contributed by atoms with E-state index in [2.05, 4.69) is 20.0 Å². The van der Waals surface area contributed by atoms with Crippen molar-refractivity contribution in [3.63, 3.8) is 0 Å². The molecule has 0 unspecified atom stereocenters. The third kappa shape index (κ3) is 3.72. The molecule has 0 amide bonds. The Morgan fingerprint density at radius 2 is 1.56 bits per heavy atom. The minimum atomic E-state index is -2.69. The number of hydrogen-bond donors (Lipinski definition) is 3. The zero-order valence-corrected chi connectivity index (χ0v) is 14.4. The second-order valence-corrected chi connectivity index (χ2v) is 5.76. The van der Waals surface area contributed by atoms with E-state index in [0.29, 0.717) is 28.5 Å². The van der Waals surface area contributed by atoms with Gasteiger partial charge in [-0.05, 0) is 30.3 Å². The molecule has 0 saturated heterocycles. The summed E-state index contributed by atoms with van der Waals surface area (Å²) in [4.78, 5) is 8.52. The van der Waals surface area contributed by atoms with Gasteiger partial charge >= 0.3 is 0 Å². The summed E-state index contributed by atoms with van der Waals surface area (Å²) < 4.78 is 34.3. The Hall–Kier alpha value is -3.07. The molecular formula is C16H16N4O4S. The lowest BCUT2D eigenvalue weighted by Crippen LogP contribution is -1.99. The maximum atomic E-state index is 10.7. The summed E-state index contributed by atoms with van der Waals surface area (Å²) in [5.41, 5.74) is 1.94. The van der Waals surface area contributed by atoms with E-state index >= 15 is 0 Å². The number of fused-ring (bicyclic) bond motifs is 1. The van der Waals surface area contributed by atoms with Crippen LogP contribution in [0.15, 0.2) is 42.7 Å². The molecule has 0 aliphatic rings. The van der Waals surface area contributed by atoms with Gasteiger partial charge in [0.1, 0.15) is 12.1 Å². The van der Waals surface area contributed by atoms with Crippen molar-refractivity contribution in [2.45, 2.75) is 0 Å². The predicted molar refractivity (Wildman–Crippen MR) is 96.3 cm³/mol. The fourth-order valence-electron chi connectivity index (χ4n) is 2.35. The maximum absolute atomic E-state index is 10.7.